The van der Waals surface area contributed by atoms with Gasteiger partial charge in [-0.05, 0) is 37.3 Å². The van der Waals surface area contributed by atoms with Gasteiger partial charge < -0.3 is 15.4 Å². The fraction of sp³-hybridized carbons (Fsp3) is 0.522. The summed E-state index contributed by atoms with van der Waals surface area (Å²) in [6, 6.07) is 8.77. The summed E-state index contributed by atoms with van der Waals surface area (Å²) in [4.78, 5) is 38.0. The average Bonchev–Trinajstić information content (AvgIpc) is 2.71. The van der Waals surface area contributed by atoms with E-state index in [0.29, 0.717) is 12.8 Å². The first-order valence-corrected chi connectivity index (χ1v) is 10.4. The van der Waals surface area contributed by atoms with Crippen molar-refractivity contribution in [2.45, 2.75) is 64.5 Å². The Balaban J connectivity index is 2.13. The predicted molar refractivity (Wildman–Crippen MR) is 113 cm³/mol. The quantitative estimate of drug-likeness (QED) is 0.518. The zero-order chi connectivity index (χ0) is 21.3. The van der Waals surface area contributed by atoms with Gasteiger partial charge in [-0.1, -0.05) is 63.4 Å². The largest absolute Gasteiger partial charge is 0.464 e. The highest BCUT2D eigenvalue weighted by Gasteiger charge is 2.42. The molecule has 1 saturated carbocycles. The average molecular weight is 401 g/mol. The Morgan fingerprint density at radius 1 is 1.10 bits per heavy atom. The van der Waals surface area contributed by atoms with Crippen LogP contribution in [0.1, 0.15) is 58.4 Å². The summed E-state index contributed by atoms with van der Waals surface area (Å²) in [7, 11) is 0. The second kappa shape index (κ2) is 10.8. The third kappa shape index (κ3) is 6.44. The number of hydrogen-bond acceptors (Lipinski definition) is 4. The maximum Gasteiger partial charge on any atom is 0.328 e. The first-order chi connectivity index (χ1) is 13.9. The minimum atomic E-state index is -1.00. The molecule has 1 atom stereocenters. The van der Waals surface area contributed by atoms with E-state index >= 15 is 0 Å². The van der Waals surface area contributed by atoms with Gasteiger partial charge in [0.2, 0.25) is 11.8 Å². The van der Waals surface area contributed by atoms with Crippen molar-refractivity contribution in [3.63, 3.8) is 0 Å². The molecule has 1 aromatic rings. The van der Waals surface area contributed by atoms with E-state index in [0.717, 1.165) is 24.8 Å². The van der Waals surface area contributed by atoms with Crippen molar-refractivity contribution in [1.82, 2.24) is 10.6 Å². The molecule has 0 heterocycles. The van der Waals surface area contributed by atoms with E-state index in [-0.39, 0.29) is 24.3 Å². The summed E-state index contributed by atoms with van der Waals surface area (Å²) in [5, 5.41) is 5.77. The smallest absolute Gasteiger partial charge is 0.328 e. The first-order valence-electron chi connectivity index (χ1n) is 10.4. The summed E-state index contributed by atoms with van der Waals surface area (Å²) < 4.78 is 5.10. The minimum Gasteiger partial charge on any atom is -0.464 e. The summed E-state index contributed by atoms with van der Waals surface area (Å²) in [5.74, 6) is -1.20. The maximum absolute atomic E-state index is 13.2. The lowest BCUT2D eigenvalue weighted by Gasteiger charge is -2.37. The third-order valence-electron chi connectivity index (χ3n) is 5.22. The zero-order valence-electron chi connectivity index (χ0n) is 17.6. The van der Waals surface area contributed by atoms with Gasteiger partial charge in [0.25, 0.3) is 0 Å². The van der Waals surface area contributed by atoms with Crippen molar-refractivity contribution in [2.75, 3.05) is 6.61 Å². The van der Waals surface area contributed by atoms with Gasteiger partial charge in [0.15, 0.2) is 0 Å². The predicted octanol–water partition coefficient (Wildman–Crippen LogP) is 3.22. The van der Waals surface area contributed by atoms with E-state index in [1.165, 1.54) is 6.08 Å². The molecule has 0 bridgehead atoms. The van der Waals surface area contributed by atoms with Gasteiger partial charge in [0.05, 0.1) is 6.61 Å². The van der Waals surface area contributed by atoms with Crippen LogP contribution >= 0.6 is 0 Å². The van der Waals surface area contributed by atoms with Gasteiger partial charge >= 0.3 is 5.97 Å². The van der Waals surface area contributed by atoms with Crippen LogP contribution in [0.5, 0.6) is 0 Å². The number of esters is 1. The van der Waals surface area contributed by atoms with E-state index in [9.17, 15) is 14.4 Å². The van der Waals surface area contributed by atoms with Crippen LogP contribution in [0.2, 0.25) is 0 Å². The Labute approximate surface area is 173 Å². The molecule has 29 heavy (non-hydrogen) atoms. The number of amides is 2. The standard InChI is InChI=1S/C23H32N2O4/c1-4-29-21(27)20(17(2)3)24-22(28)23(15-9-6-10-16-23)25-19(26)14-13-18-11-7-5-8-12-18/h5,7-8,11-14,17,20H,4,6,9-10,15-16H2,1-3H3,(H,24,28)(H,25,26). The van der Waals surface area contributed by atoms with Crippen LogP contribution in [0.25, 0.3) is 6.08 Å². The molecule has 0 saturated heterocycles. The SMILES string of the molecule is CCOC(=O)C(NC(=O)C1(NC(=O)C=Cc2ccccc2)CCCCC1)C(C)C. The van der Waals surface area contributed by atoms with Crippen molar-refractivity contribution in [3.8, 4) is 0 Å². The number of carbonyl (C=O) groups excluding carboxylic acids is 3. The van der Waals surface area contributed by atoms with Crippen molar-refractivity contribution < 1.29 is 19.1 Å². The van der Waals surface area contributed by atoms with Crippen LogP contribution in [0, 0.1) is 5.92 Å². The van der Waals surface area contributed by atoms with Gasteiger partial charge in [-0.3, -0.25) is 9.59 Å². The lowest BCUT2D eigenvalue weighted by atomic mass is 9.80. The molecule has 6 heteroatoms. The molecule has 0 aromatic heterocycles. The Morgan fingerprint density at radius 3 is 2.34 bits per heavy atom. The van der Waals surface area contributed by atoms with Crippen LogP contribution in [0.3, 0.4) is 0 Å². The Kier molecular flexibility index (Phi) is 8.43. The fourth-order valence-corrected chi connectivity index (χ4v) is 3.59. The molecule has 1 fully saturated rings. The lowest BCUT2D eigenvalue weighted by Crippen LogP contribution is -2.62. The van der Waals surface area contributed by atoms with Crippen LogP contribution < -0.4 is 10.6 Å². The number of rotatable bonds is 8. The van der Waals surface area contributed by atoms with Crippen LogP contribution in [-0.4, -0.2) is 36.0 Å². The van der Waals surface area contributed by atoms with Crippen LogP contribution in [0.4, 0.5) is 0 Å². The highest BCUT2D eigenvalue weighted by molar-refractivity contribution is 5.98. The minimum absolute atomic E-state index is 0.118. The molecule has 6 nitrogen and oxygen atoms in total. The fourth-order valence-electron chi connectivity index (χ4n) is 3.59. The third-order valence-corrected chi connectivity index (χ3v) is 5.22. The molecule has 0 radical (unpaired) electrons. The molecule has 1 aliphatic carbocycles. The van der Waals surface area contributed by atoms with Gasteiger partial charge in [-0.2, -0.15) is 0 Å². The Bertz CT molecular complexity index is 722. The number of hydrogen-bond donors (Lipinski definition) is 2. The summed E-state index contributed by atoms with van der Waals surface area (Å²) in [6.07, 6.45) is 7.00. The molecular formula is C23H32N2O4. The normalized spacial score (nSPS) is 17.0. The van der Waals surface area contributed by atoms with E-state index in [1.807, 2.05) is 44.2 Å². The number of nitrogens with one attached hydrogen (secondary N) is 2. The van der Waals surface area contributed by atoms with Crippen molar-refractivity contribution in [1.29, 1.82) is 0 Å². The van der Waals surface area contributed by atoms with E-state index < -0.39 is 17.6 Å². The molecule has 2 rings (SSSR count). The monoisotopic (exact) mass is 400 g/mol. The van der Waals surface area contributed by atoms with Crippen LogP contribution in [0.15, 0.2) is 36.4 Å². The molecule has 2 N–H and O–H groups in total. The Morgan fingerprint density at radius 2 is 1.76 bits per heavy atom. The molecule has 1 unspecified atom stereocenters. The van der Waals surface area contributed by atoms with Gasteiger partial charge in [0, 0.05) is 6.08 Å². The van der Waals surface area contributed by atoms with E-state index in [2.05, 4.69) is 10.6 Å². The highest BCUT2D eigenvalue weighted by Crippen LogP contribution is 2.29. The molecule has 158 valence electrons. The summed E-state index contributed by atoms with van der Waals surface area (Å²) >= 11 is 0. The number of carbonyl (C=O) groups is 3. The Hall–Kier alpha value is -2.63. The van der Waals surface area contributed by atoms with Crippen molar-refractivity contribution in [2.24, 2.45) is 5.92 Å². The molecule has 0 aliphatic heterocycles. The molecule has 1 aromatic carbocycles. The topological polar surface area (TPSA) is 84.5 Å². The van der Waals surface area contributed by atoms with Crippen LogP contribution in [-0.2, 0) is 19.1 Å². The second-order valence-electron chi connectivity index (χ2n) is 7.82. The van der Waals surface area contributed by atoms with Crippen molar-refractivity contribution in [3.05, 3.63) is 42.0 Å². The maximum atomic E-state index is 13.2. The van der Waals surface area contributed by atoms with E-state index in [1.54, 1.807) is 13.0 Å². The van der Waals surface area contributed by atoms with E-state index in [4.69, 9.17) is 4.74 Å². The lowest BCUT2D eigenvalue weighted by molar-refractivity contribution is -0.150. The molecule has 2 amide bonds. The van der Waals surface area contributed by atoms with Gasteiger partial charge in [-0.15, -0.1) is 0 Å². The highest BCUT2D eigenvalue weighted by atomic mass is 16.5. The second-order valence-corrected chi connectivity index (χ2v) is 7.82. The summed E-state index contributed by atoms with van der Waals surface area (Å²) in [5.41, 5.74) is -0.0947. The molecular weight excluding hydrogens is 368 g/mol. The van der Waals surface area contributed by atoms with Gasteiger partial charge in [-0.25, -0.2) is 4.79 Å². The van der Waals surface area contributed by atoms with Gasteiger partial charge in [0.1, 0.15) is 11.6 Å². The molecule has 1 aliphatic rings. The zero-order valence-corrected chi connectivity index (χ0v) is 17.6. The van der Waals surface area contributed by atoms with Crippen molar-refractivity contribution >= 4 is 23.9 Å². The molecule has 0 spiro atoms. The number of ether oxygens (including phenoxy) is 1. The first kappa shape index (κ1) is 22.7. The summed E-state index contributed by atoms with van der Waals surface area (Å²) in [6.45, 7) is 5.70. The number of benzene rings is 1.